The molecule has 0 aliphatic carbocycles. The predicted molar refractivity (Wildman–Crippen MR) is 37.8 cm³/mol. The van der Waals surface area contributed by atoms with E-state index in [4.69, 9.17) is 5.11 Å². The van der Waals surface area contributed by atoms with Crippen molar-refractivity contribution in [3.05, 3.63) is 11.6 Å². The van der Waals surface area contributed by atoms with E-state index in [0.717, 1.165) is 19.5 Å². The van der Waals surface area contributed by atoms with Gasteiger partial charge in [-0.15, -0.1) is 0 Å². The van der Waals surface area contributed by atoms with E-state index in [0.29, 0.717) is 12.0 Å². The first kappa shape index (κ1) is 7.28. The van der Waals surface area contributed by atoms with Gasteiger partial charge in [-0.05, 0) is 25.9 Å². The molecule has 0 saturated heterocycles. The topological polar surface area (TPSA) is 49.3 Å². The Morgan fingerprint density at radius 3 is 3.10 bits per heavy atom. The highest BCUT2D eigenvalue weighted by Gasteiger charge is 2.07. The Hall–Kier alpha value is -0.830. The summed E-state index contributed by atoms with van der Waals surface area (Å²) < 4.78 is 0. The lowest BCUT2D eigenvalue weighted by atomic mass is 10.2. The van der Waals surface area contributed by atoms with Crippen LogP contribution < -0.4 is 5.32 Å². The lowest BCUT2D eigenvalue weighted by Crippen LogP contribution is -2.14. The Kier molecular flexibility index (Phi) is 2.45. The van der Waals surface area contributed by atoms with Crippen LogP contribution in [0.4, 0.5) is 0 Å². The van der Waals surface area contributed by atoms with Crippen molar-refractivity contribution < 1.29 is 9.90 Å². The molecule has 1 rings (SSSR count). The van der Waals surface area contributed by atoms with Crippen molar-refractivity contribution in [2.45, 2.75) is 12.8 Å². The highest BCUT2D eigenvalue weighted by molar-refractivity contribution is 5.86. The molecule has 0 bridgehead atoms. The first-order chi connectivity index (χ1) is 4.80. The second kappa shape index (κ2) is 3.37. The molecule has 0 amide bonds. The van der Waals surface area contributed by atoms with Crippen LogP contribution in [0.2, 0.25) is 0 Å². The van der Waals surface area contributed by atoms with Crippen LogP contribution in [-0.4, -0.2) is 24.2 Å². The number of carbonyl (C=O) groups is 1. The Labute approximate surface area is 59.7 Å². The van der Waals surface area contributed by atoms with Crippen LogP contribution in [0.15, 0.2) is 11.6 Å². The molecule has 0 radical (unpaired) electrons. The fourth-order valence-corrected chi connectivity index (χ4v) is 0.993. The normalized spacial score (nSPS) is 19.4. The predicted octanol–water partition coefficient (Wildman–Crippen LogP) is 0.381. The number of carboxylic acids is 1. The van der Waals surface area contributed by atoms with Gasteiger partial charge in [-0.2, -0.15) is 0 Å². The van der Waals surface area contributed by atoms with E-state index in [-0.39, 0.29) is 0 Å². The number of hydrogen-bond acceptors (Lipinski definition) is 2. The molecule has 0 fully saturated rings. The molecule has 1 aliphatic heterocycles. The summed E-state index contributed by atoms with van der Waals surface area (Å²) in [6.07, 6.45) is 3.28. The van der Waals surface area contributed by atoms with Crippen LogP contribution in [0.3, 0.4) is 0 Å². The average Bonchev–Trinajstić information content (AvgIpc) is 2.12. The van der Waals surface area contributed by atoms with E-state index in [2.05, 4.69) is 5.32 Å². The molecule has 0 saturated carbocycles. The fraction of sp³-hybridized carbons (Fsp3) is 0.571. The molecule has 1 heterocycles. The number of nitrogens with one attached hydrogen (secondary N) is 1. The van der Waals surface area contributed by atoms with E-state index in [1.165, 1.54) is 0 Å². The summed E-state index contributed by atoms with van der Waals surface area (Å²) in [6.45, 7) is 1.69. The molecule has 0 spiro atoms. The zero-order valence-corrected chi connectivity index (χ0v) is 5.76. The van der Waals surface area contributed by atoms with E-state index in [1.54, 1.807) is 6.08 Å². The molecule has 3 nitrogen and oxygen atoms in total. The minimum Gasteiger partial charge on any atom is -0.478 e. The highest BCUT2D eigenvalue weighted by Crippen LogP contribution is 2.04. The van der Waals surface area contributed by atoms with Gasteiger partial charge in [-0.3, -0.25) is 0 Å². The summed E-state index contributed by atoms with van der Waals surface area (Å²) in [5, 5.41) is 11.7. The quantitative estimate of drug-likeness (QED) is 0.555. The highest BCUT2D eigenvalue weighted by atomic mass is 16.4. The van der Waals surface area contributed by atoms with Crippen LogP contribution in [0.1, 0.15) is 12.8 Å². The SMILES string of the molecule is O=C(O)C1=CCCNCC1. The second-order valence-corrected chi connectivity index (χ2v) is 2.32. The second-order valence-electron chi connectivity index (χ2n) is 2.32. The van der Waals surface area contributed by atoms with Crippen molar-refractivity contribution in [2.24, 2.45) is 0 Å². The standard InChI is InChI=1S/C7H11NO2/c9-7(10)6-2-1-4-8-5-3-6/h2,8H,1,3-5H2,(H,9,10). The Bertz CT molecular complexity index is 163. The van der Waals surface area contributed by atoms with Crippen molar-refractivity contribution in [3.63, 3.8) is 0 Å². The van der Waals surface area contributed by atoms with Gasteiger partial charge in [-0.25, -0.2) is 4.79 Å². The van der Waals surface area contributed by atoms with Crippen molar-refractivity contribution in [3.8, 4) is 0 Å². The maximum Gasteiger partial charge on any atom is 0.331 e. The lowest BCUT2D eigenvalue weighted by molar-refractivity contribution is -0.132. The number of carboxylic acid groups (broad SMARTS) is 1. The number of aliphatic carboxylic acids is 1. The van der Waals surface area contributed by atoms with Crippen molar-refractivity contribution in [1.82, 2.24) is 5.32 Å². The number of hydrogen-bond donors (Lipinski definition) is 2. The van der Waals surface area contributed by atoms with Crippen LogP contribution in [0.25, 0.3) is 0 Å². The molecule has 3 heteroatoms. The van der Waals surface area contributed by atoms with E-state index in [1.807, 2.05) is 0 Å². The third kappa shape index (κ3) is 1.84. The molecule has 0 unspecified atom stereocenters. The smallest absolute Gasteiger partial charge is 0.331 e. The summed E-state index contributed by atoms with van der Waals surface area (Å²) in [5.41, 5.74) is 0.546. The maximum atomic E-state index is 10.4. The molecule has 2 N–H and O–H groups in total. The van der Waals surface area contributed by atoms with Gasteiger partial charge in [0.25, 0.3) is 0 Å². The van der Waals surface area contributed by atoms with Crippen LogP contribution in [0.5, 0.6) is 0 Å². The molecule has 0 aromatic rings. The van der Waals surface area contributed by atoms with Crippen molar-refractivity contribution in [2.75, 3.05) is 13.1 Å². The zero-order valence-electron chi connectivity index (χ0n) is 5.76. The summed E-state index contributed by atoms with van der Waals surface area (Å²) in [5.74, 6) is -0.774. The summed E-state index contributed by atoms with van der Waals surface area (Å²) in [4.78, 5) is 10.4. The molecule has 56 valence electrons. The van der Waals surface area contributed by atoms with Crippen LogP contribution >= 0.6 is 0 Å². The first-order valence-corrected chi connectivity index (χ1v) is 3.44. The Balaban J connectivity index is 2.54. The van der Waals surface area contributed by atoms with Gasteiger partial charge in [0.15, 0.2) is 0 Å². The van der Waals surface area contributed by atoms with Gasteiger partial charge in [-0.1, -0.05) is 6.08 Å². The van der Waals surface area contributed by atoms with E-state index in [9.17, 15) is 4.79 Å². The zero-order chi connectivity index (χ0) is 7.40. The minimum absolute atomic E-state index is 0.546. The third-order valence-corrected chi connectivity index (χ3v) is 1.56. The van der Waals surface area contributed by atoms with E-state index >= 15 is 0 Å². The molecular weight excluding hydrogens is 130 g/mol. The Morgan fingerprint density at radius 2 is 2.40 bits per heavy atom. The molecule has 10 heavy (non-hydrogen) atoms. The van der Waals surface area contributed by atoms with Gasteiger partial charge in [0.2, 0.25) is 0 Å². The van der Waals surface area contributed by atoms with Crippen molar-refractivity contribution >= 4 is 5.97 Å². The number of rotatable bonds is 1. The molecule has 1 aliphatic rings. The minimum atomic E-state index is -0.774. The molecular formula is C7H11NO2. The maximum absolute atomic E-state index is 10.4. The Morgan fingerprint density at radius 1 is 1.60 bits per heavy atom. The lowest BCUT2D eigenvalue weighted by Gasteiger charge is -1.96. The summed E-state index contributed by atoms with van der Waals surface area (Å²) in [6, 6.07) is 0. The average molecular weight is 141 g/mol. The fourth-order valence-electron chi connectivity index (χ4n) is 0.993. The summed E-state index contributed by atoms with van der Waals surface area (Å²) in [7, 11) is 0. The van der Waals surface area contributed by atoms with Gasteiger partial charge in [0.05, 0.1) is 0 Å². The largest absolute Gasteiger partial charge is 0.478 e. The van der Waals surface area contributed by atoms with Gasteiger partial charge in [0.1, 0.15) is 0 Å². The monoisotopic (exact) mass is 141 g/mol. The van der Waals surface area contributed by atoms with Gasteiger partial charge in [0, 0.05) is 5.57 Å². The van der Waals surface area contributed by atoms with Gasteiger partial charge >= 0.3 is 5.97 Å². The van der Waals surface area contributed by atoms with Crippen molar-refractivity contribution in [1.29, 1.82) is 0 Å². The first-order valence-electron chi connectivity index (χ1n) is 3.44. The summed E-state index contributed by atoms with van der Waals surface area (Å²) >= 11 is 0. The molecule has 0 aromatic carbocycles. The van der Waals surface area contributed by atoms with Gasteiger partial charge < -0.3 is 10.4 Å². The third-order valence-electron chi connectivity index (χ3n) is 1.56. The van der Waals surface area contributed by atoms with Crippen LogP contribution in [0, 0.1) is 0 Å². The van der Waals surface area contributed by atoms with E-state index < -0.39 is 5.97 Å². The molecule has 0 aromatic heterocycles. The molecule has 0 atom stereocenters. The van der Waals surface area contributed by atoms with Crippen LogP contribution in [-0.2, 0) is 4.79 Å².